The summed E-state index contributed by atoms with van der Waals surface area (Å²) in [4.78, 5) is 21.8. The molecule has 0 saturated heterocycles. The van der Waals surface area contributed by atoms with Gasteiger partial charge in [0.15, 0.2) is 0 Å². The number of nitrogens with zero attached hydrogens (tertiary/aromatic N) is 1. The Morgan fingerprint density at radius 2 is 2.20 bits per heavy atom. The van der Waals surface area contributed by atoms with Gasteiger partial charge >= 0.3 is 0 Å². The third kappa shape index (κ3) is 4.02. The molecule has 108 valence electrons. The van der Waals surface area contributed by atoms with Gasteiger partial charge in [-0.15, -0.1) is 0 Å². The molecule has 1 aliphatic carbocycles. The van der Waals surface area contributed by atoms with E-state index < -0.39 is 10.7 Å². The monoisotopic (exact) mass is 393 g/mol. The second-order valence-electron chi connectivity index (χ2n) is 4.56. The molecule has 1 aromatic carbocycles. The number of carbonyl (C=O) groups excluding carboxylic acids is 1. The van der Waals surface area contributed by atoms with Gasteiger partial charge in [0, 0.05) is 31.1 Å². The number of anilines is 1. The van der Waals surface area contributed by atoms with E-state index in [4.69, 9.17) is 0 Å². The molecule has 0 aromatic heterocycles. The summed E-state index contributed by atoms with van der Waals surface area (Å²) in [5.41, 5.74) is -0.106. The molecular weight excluding hydrogens is 380 g/mol. The Labute approximate surface area is 128 Å². The first-order valence-corrected chi connectivity index (χ1v) is 7.22. The van der Waals surface area contributed by atoms with E-state index in [0.29, 0.717) is 0 Å². The van der Waals surface area contributed by atoms with Crippen LogP contribution in [0.2, 0.25) is 0 Å². The second kappa shape index (κ2) is 6.33. The van der Waals surface area contributed by atoms with E-state index in [0.717, 1.165) is 18.9 Å². The maximum absolute atomic E-state index is 13.4. The van der Waals surface area contributed by atoms with Crippen LogP contribution in [0, 0.1) is 19.5 Å². The lowest BCUT2D eigenvalue weighted by Gasteiger charge is -2.08. The van der Waals surface area contributed by atoms with E-state index in [1.807, 2.05) is 0 Å². The normalized spacial score (nSPS) is 13.9. The highest BCUT2D eigenvalue weighted by molar-refractivity contribution is 14.1. The van der Waals surface area contributed by atoms with Crippen molar-refractivity contribution in [3.8, 4) is 0 Å². The summed E-state index contributed by atoms with van der Waals surface area (Å²) in [6.45, 7) is 0.222. The smallest absolute Gasteiger partial charge is 0.293 e. The first-order valence-electron chi connectivity index (χ1n) is 6.14. The fourth-order valence-corrected chi connectivity index (χ4v) is 2.12. The Balaban J connectivity index is 1.95. The zero-order chi connectivity index (χ0) is 14.7. The molecule has 0 radical (unpaired) electrons. The minimum atomic E-state index is -0.575. The molecule has 6 nitrogen and oxygen atoms in total. The van der Waals surface area contributed by atoms with Crippen LogP contribution in [0.4, 0.5) is 15.8 Å². The van der Waals surface area contributed by atoms with Gasteiger partial charge in [-0.05, 0) is 35.4 Å². The van der Waals surface area contributed by atoms with Crippen molar-refractivity contribution in [2.45, 2.75) is 25.3 Å². The highest BCUT2D eigenvalue weighted by Gasteiger charge is 2.23. The molecule has 1 aliphatic rings. The number of hydrogen-bond donors (Lipinski definition) is 2. The molecule has 2 N–H and O–H groups in total. The Morgan fingerprint density at radius 3 is 2.80 bits per heavy atom. The molecule has 0 aliphatic heterocycles. The maximum Gasteiger partial charge on any atom is 0.293 e. The van der Waals surface area contributed by atoms with Crippen molar-refractivity contribution in [1.29, 1.82) is 0 Å². The molecule has 0 heterocycles. The van der Waals surface area contributed by atoms with E-state index in [1.54, 1.807) is 22.6 Å². The third-order valence-electron chi connectivity index (χ3n) is 2.85. The number of hydrogen-bond acceptors (Lipinski definition) is 4. The SMILES string of the molecule is O=C(CCNc1cc(F)c(I)cc1[N+](=O)[O-])NC1CC1. The summed E-state index contributed by atoms with van der Waals surface area (Å²) in [6, 6.07) is 2.54. The highest BCUT2D eigenvalue weighted by Crippen LogP contribution is 2.28. The second-order valence-corrected chi connectivity index (χ2v) is 5.72. The van der Waals surface area contributed by atoms with Gasteiger partial charge in [0.25, 0.3) is 5.69 Å². The lowest BCUT2D eigenvalue weighted by molar-refractivity contribution is -0.384. The number of halogens is 2. The quantitative estimate of drug-likeness (QED) is 0.442. The molecule has 0 spiro atoms. The van der Waals surface area contributed by atoms with Crippen molar-refractivity contribution in [3.63, 3.8) is 0 Å². The van der Waals surface area contributed by atoms with Gasteiger partial charge in [-0.3, -0.25) is 14.9 Å². The molecule has 8 heteroatoms. The molecule has 0 bridgehead atoms. The van der Waals surface area contributed by atoms with Gasteiger partial charge < -0.3 is 10.6 Å². The summed E-state index contributed by atoms with van der Waals surface area (Å²) in [7, 11) is 0. The van der Waals surface area contributed by atoms with Gasteiger partial charge in [-0.25, -0.2) is 4.39 Å². The summed E-state index contributed by atoms with van der Waals surface area (Å²) in [5, 5.41) is 16.4. The van der Waals surface area contributed by atoms with Gasteiger partial charge in [0.2, 0.25) is 5.91 Å². The fourth-order valence-electron chi connectivity index (χ4n) is 1.67. The van der Waals surface area contributed by atoms with Crippen molar-refractivity contribution < 1.29 is 14.1 Å². The molecule has 1 saturated carbocycles. The minimum absolute atomic E-state index is 0.0899. The molecule has 0 unspecified atom stereocenters. The van der Waals surface area contributed by atoms with Gasteiger partial charge in [-0.1, -0.05) is 0 Å². The fraction of sp³-hybridized carbons (Fsp3) is 0.417. The van der Waals surface area contributed by atoms with Crippen molar-refractivity contribution in [2.24, 2.45) is 0 Å². The van der Waals surface area contributed by atoms with Crippen LogP contribution in [0.1, 0.15) is 19.3 Å². The molecular formula is C12H13FIN3O3. The van der Waals surface area contributed by atoms with Crippen molar-refractivity contribution in [2.75, 3.05) is 11.9 Å². The number of nitrogens with one attached hydrogen (secondary N) is 2. The first kappa shape index (κ1) is 14.9. The number of carbonyl (C=O) groups is 1. The van der Waals surface area contributed by atoms with Crippen LogP contribution in [0.25, 0.3) is 0 Å². The number of nitro benzene ring substituents is 1. The van der Waals surface area contributed by atoms with Crippen molar-refractivity contribution in [1.82, 2.24) is 5.32 Å². The Hall–Kier alpha value is -1.45. The minimum Gasteiger partial charge on any atom is -0.379 e. The lowest BCUT2D eigenvalue weighted by atomic mass is 10.2. The highest BCUT2D eigenvalue weighted by atomic mass is 127. The van der Waals surface area contributed by atoms with Crippen molar-refractivity contribution in [3.05, 3.63) is 31.6 Å². The molecule has 0 atom stereocenters. The van der Waals surface area contributed by atoms with E-state index in [1.165, 1.54) is 6.07 Å². The zero-order valence-electron chi connectivity index (χ0n) is 10.5. The molecule has 1 aromatic rings. The predicted octanol–water partition coefficient (Wildman–Crippen LogP) is 2.42. The number of nitro groups is 1. The van der Waals surface area contributed by atoms with Crippen LogP contribution in [-0.4, -0.2) is 23.4 Å². The van der Waals surface area contributed by atoms with Gasteiger partial charge in [0.05, 0.1) is 8.49 Å². The molecule has 1 amide bonds. The molecule has 20 heavy (non-hydrogen) atoms. The Kier molecular flexibility index (Phi) is 4.73. The third-order valence-corrected chi connectivity index (χ3v) is 3.67. The standard InChI is InChI=1S/C12H13FIN3O3/c13-8-5-10(11(17(19)20)6-9(8)14)15-4-3-12(18)16-7-1-2-7/h5-7,15H,1-4H2,(H,16,18). The van der Waals surface area contributed by atoms with Crippen LogP contribution >= 0.6 is 22.6 Å². The van der Waals surface area contributed by atoms with Gasteiger partial charge in [0.1, 0.15) is 11.5 Å². The van der Waals surface area contributed by atoms with Crippen LogP contribution in [0.5, 0.6) is 0 Å². The van der Waals surface area contributed by atoms with E-state index in [2.05, 4.69) is 10.6 Å². The van der Waals surface area contributed by atoms with Crippen molar-refractivity contribution >= 4 is 39.9 Å². The molecule has 2 rings (SSSR count). The maximum atomic E-state index is 13.4. The average Bonchev–Trinajstić information content (AvgIpc) is 3.16. The topological polar surface area (TPSA) is 84.3 Å². The Morgan fingerprint density at radius 1 is 1.50 bits per heavy atom. The summed E-state index contributed by atoms with van der Waals surface area (Å²) < 4.78 is 13.6. The van der Waals surface area contributed by atoms with Gasteiger partial charge in [-0.2, -0.15) is 0 Å². The summed E-state index contributed by atoms with van der Waals surface area (Å²) >= 11 is 1.70. The lowest BCUT2D eigenvalue weighted by Crippen LogP contribution is -2.27. The summed E-state index contributed by atoms with van der Waals surface area (Å²) in [5.74, 6) is -0.630. The number of benzene rings is 1. The van der Waals surface area contributed by atoms with E-state index >= 15 is 0 Å². The predicted molar refractivity (Wildman–Crippen MR) is 80.0 cm³/mol. The van der Waals surface area contributed by atoms with Crippen LogP contribution in [0.15, 0.2) is 12.1 Å². The average molecular weight is 393 g/mol. The number of rotatable bonds is 6. The van der Waals surface area contributed by atoms with E-state index in [9.17, 15) is 19.3 Å². The van der Waals surface area contributed by atoms with Crippen LogP contribution < -0.4 is 10.6 Å². The summed E-state index contributed by atoms with van der Waals surface area (Å²) in [6.07, 6.45) is 2.21. The largest absolute Gasteiger partial charge is 0.379 e. The number of amides is 1. The molecule has 1 fully saturated rings. The first-order chi connectivity index (χ1) is 9.47. The van der Waals surface area contributed by atoms with E-state index in [-0.39, 0.29) is 39.9 Å². The Bertz CT molecular complexity index is 549. The van der Waals surface area contributed by atoms with Crippen LogP contribution in [0.3, 0.4) is 0 Å². The van der Waals surface area contributed by atoms with Crippen LogP contribution in [-0.2, 0) is 4.79 Å². The zero-order valence-corrected chi connectivity index (χ0v) is 12.6.